The molecule has 1 rings (SSSR count). The van der Waals surface area contributed by atoms with Crippen molar-refractivity contribution >= 4 is 11.9 Å². The fraction of sp³-hybridized carbons (Fsp3) is 0.600. The van der Waals surface area contributed by atoms with Crippen LogP contribution in [0.15, 0.2) is 12.7 Å². The summed E-state index contributed by atoms with van der Waals surface area (Å²) in [6.07, 6.45) is 4.03. The smallest absolute Gasteiger partial charge is 0.311 e. The first kappa shape index (κ1) is 10.8. The van der Waals surface area contributed by atoms with Crippen LogP contribution in [0, 0.1) is 5.41 Å². The van der Waals surface area contributed by atoms with Crippen LogP contribution >= 0.6 is 0 Å². The van der Waals surface area contributed by atoms with Crippen LogP contribution in [0.5, 0.6) is 0 Å². The Morgan fingerprint density at radius 3 is 2.57 bits per heavy atom. The van der Waals surface area contributed by atoms with Crippen molar-refractivity contribution in [2.24, 2.45) is 5.41 Å². The van der Waals surface area contributed by atoms with E-state index in [1.807, 2.05) is 0 Å². The van der Waals surface area contributed by atoms with Gasteiger partial charge in [-0.2, -0.15) is 0 Å². The maximum atomic E-state index is 11.1. The number of amides is 1. The monoisotopic (exact) mass is 197 g/mol. The molecule has 4 nitrogen and oxygen atoms in total. The van der Waals surface area contributed by atoms with Crippen LogP contribution in [0.3, 0.4) is 0 Å². The molecule has 0 aliphatic heterocycles. The van der Waals surface area contributed by atoms with Gasteiger partial charge in [-0.05, 0) is 19.3 Å². The summed E-state index contributed by atoms with van der Waals surface area (Å²) in [4.78, 5) is 21.9. The zero-order valence-corrected chi connectivity index (χ0v) is 8.08. The van der Waals surface area contributed by atoms with Crippen molar-refractivity contribution in [3.8, 4) is 0 Å². The molecule has 0 unspecified atom stereocenters. The molecule has 0 bridgehead atoms. The standard InChI is InChI=1S/C10H15NO3/c1-2-3-4-8(12)11-7-10(5-6-10)9(13)14/h2H,1,3-7H2,(H,11,12)(H,13,14). The van der Waals surface area contributed by atoms with Crippen molar-refractivity contribution in [2.75, 3.05) is 6.54 Å². The van der Waals surface area contributed by atoms with Crippen molar-refractivity contribution in [1.82, 2.24) is 5.32 Å². The lowest BCUT2D eigenvalue weighted by molar-refractivity contribution is -0.143. The van der Waals surface area contributed by atoms with E-state index in [2.05, 4.69) is 11.9 Å². The molecule has 0 aromatic carbocycles. The first-order chi connectivity index (χ1) is 6.60. The molecule has 1 amide bonds. The Labute approximate surface area is 83.0 Å². The van der Waals surface area contributed by atoms with Gasteiger partial charge in [0.1, 0.15) is 0 Å². The minimum absolute atomic E-state index is 0.0996. The van der Waals surface area contributed by atoms with Crippen molar-refractivity contribution in [3.05, 3.63) is 12.7 Å². The summed E-state index contributed by atoms with van der Waals surface area (Å²) >= 11 is 0. The van der Waals surface area contributed by atoms with E-state index in [0.29, 0.717) is 25.7 Å². The number of rotatable bonds is 6. The van der Waals surface area contributed by atoms with Gasteiger partial charge in [-0.1, -0.05) is 6.08 Å². The molecule has 0 radical (unpaired) electrons. The number of allylic oxidation sites excluding steroid dienone is 1. The molecule has 0 aromatic heterocycles. The molecule has 2 N–H and O–H groups in total. The molecule has 0 atom stereocenters. The number of nitrogens with one attached hydrogen (secondary N) is 1. The Morgan fingerprint density at radius 2 is 2.14 bits per heavy atom. The maximum absolute atomic E-state index is 11.1. The summed E-state index contributed by atoms with van der Waals surface area (Å²) in [5, 5.41) is 11.5. The van der Waals surface area contributed by atoms with Gasteiger partial charge in [0, 0.05) is 13.0 Å². The Balaban J connectivity index is 2.23. The second-order valence-electron chi connectivity index (χ2n) is 3.69. The molecule has 0 spiro atoms. The van der Waals surface area contributed by atoms with Gasteiger partial charge in [-0.25, -0.2) is 0 Å². The van der Waals surface area contributed by atoms with E-state index in [9.17, 15) is 9.59 Å². The lowest BCUT2D eigenvalue weighted by Crippen LogP contribution is -2.33. The van der Waals surface area contributed by atoms with Gasteiger partial charge in [-0.15, -0.1) is 6.58 Å². The molecule has 0 saturated heterocycles. The highest BCUT2D eigenvalue weighted by atomic mass is 16.4. The number of carbonyl (C=O) groups excluding carboxylic acids is 1. The zero-order valence-electron chi connectivity index (χ0n) is 8.08. The second-order valence-corrected chi connectivity index (χ2v) is 3.69. The first-order valence-electron chi connectivity index (χ1n) is 4.72. The summed E-state index contributed by atoms with van der Waals surface area (Å²) in [6, 6.07) is 0. The fourth-order valence-corrected chi connectivity index (χ4v) is 1.21. The van der Waals surface area contributed by atoms with Crippen LogP contribution in [0.25, 0.3) is 0 Å². The highest BCUT2D eigenvalue weighted by Crippen LogP contribution is 2.45. The Hall–Kier alpha value is -1.32. The Morgan fingerprint density at radius 1 is 1.50 bits per heavy atom. The largest absolute Gasteiger partial charge is 0.481 e. The number of carboxylic acids is 1. The SMILES string of the molecule is C=CCCC(=O)NCC1(C(=O)O)CC1. The summed E-state index contributed by atoms with van der Waals surface area (Å²) in [6.45, 7) is 3.77. The van der Waals surface area contributed by atoms with Crippen LogP contribution < -0.4 is 5.32 Å². The lowest BCUT2D eigenvalue weighted by atomic mass is 10.1. The van der Waals surface area contributed by atoms with Crippen LogP contribution in [0.2, 0.25) is 0 Å². The van der Waals surface area contributed by atoms with E-state index in [0.717, 1.165) is 0 Å². The molecule has 14 heavy (non-hydrogen) atoms. The normalized spacial score (nSPS) is 17.1. The van der Waals surface area contributed by atoms with Crippen LogP contribution in [0.1, 0.15) is 25.7 Å². The molecule has 0 aromatic rings. The van der Waals surface area contributed by atoms with Gasteiger partial charge in [0.15, 0.2) is 0 Å². The molecular formula is C10H15NO3. The minimum atomic E-state index is -0.804. The Bertz CT molecular complexity index is 256. The van der Waals surface area contributed by atoms with E-state index >= 15 is 0 Å². The summed E-state index contributed by atoms with van der Waals surface area (Å²) in [5.41, 5.74) is -0.663. The number of hydrogen-bond acceptors (Lipinski definition) is 2. The van der Waals surface area contributed by atoms with Crippen LogP contribution in [0.4, 0.5) is 0 Å². The van der Waals surface area contributed by atoms with Crippen LogP contribution in [-0.4, -0.2) is 23.5 Å². The first-order valence-corrected chi connectivity index (χ1v) is 4.72. The van der Waals surface area contributed by atoms with E-state index < -0.39 is 11.4 Å². The predicted octanol–water partition coefficient (Wildman–Crippen LogP) is 0.934. The molecular weight excluding hydrogens is 182 g/mol. The third-order valence-corrected chi connectivity index (χ3v) is 2.51. The average Bonchev–Trinajstić information content (AvgIpc) is 2.92. The van der Waals surface area contributed by atoms with Crippen molar-refractivity contribution in [3.63, 3.8) is 0 Å². The molecule has 1 saturated carbocycles. The van der Waals surface area contributed by atoms with Crippen LogP contribution in [-0.2, 0) is 9.59 Å². The van der Waals surface area contributed by atoms with E-state index in [1.165, 1.54) is 0 Å². The summed E-state index contributed by atoms with van der Waals surface area (Å²) in [7, 11) is 0. The quantitative estimate of drug-likeness (QED) is 0.622. The van der Waals surface area contributed by atoms with Gasteiger partial charge in [0.2, 0.25) is 5.91 Å². The average molecular weight is 197 g/mol. The Kier molecular flexibility index (Phi) is 3.28. The molecule has 78 valence electrons. The highest BCUT2D eigenvalue weighted by molar-refractivity contribution is 5.80. The van der Waals surface area contributed by atoms with Crippen molar-refractivity contribution in [1.29, 1.82) is 0 Å². The van der Waals surface area contributed by atoms with E-state index in [1.54, 1.807) is 6.08 Å². The molecule has 1 aliphatic carbocycles. The van der Waals surface area contributed by atoms with E-state index in [4.69, 9.17) is 5.11 Å². The molecule has 4 heteroatoms. The topological polar surface area (TPSA) is 66.4 Å². The third kappa shape index (κ3) is 2.58. The zero-order chi connectivity index (χ0) is 10.6. The van der Waals surface area contributed by atoms with Gasteiger partial charge in [0.05, 0.1) is 5.41 Å². The van der Waals surface area contributed by atoms with Crippen molar-refractivity contribution < 1.29 is 14.7 Å². The predicted molar refractivity (Wildman–Crippen MR) is 51.7 cm³/mol. The summed E-state index contributed by atoms with van der Waals surface area (Å²) < 4.78 is 0. The van der Waals surface area contributed by atoms with Gasteiger partial charge in [-0.3, -0.25) is 9.59 Å². The summed E-state index contributed by atoms with van der Waals surface area (Å²) in [5.74, 6) is -0.904. The van der Waals surface area contributed by atoms with Gasteiger partial charge < -0.3 is 10.4 Å². The molecule has 1 fully saturated rings. The van der Waals surface area contributed by atoms with Gasteiger partial charge in [0.25, 0.3) is 0 Å². The number of aliphatic carboxylic acids is 1. The maximum Gasteiger partial charge on any atom is 0.311 e. The fourth-order valence-electron chi connectivity index (χ4n) is 1.21. The highest BCUT2D eigenvalue weighted by Gasteiger charge is 2.50. The minimum Gasteiger partial charge on any atom is -0.481 e. The van der Waals surface area contributed by atoms with E-state index in [-0.39, 0.29) is 12.5 Å². The number of carboxylic acid groups (broad SMARTS) is 1. The molecule has 0 heterocycles. The third-order valence-electron chi connectivity index (χ3n) is 2.51. The van der Waals surface area contributed by atoms with Gasteiger partial charge >= 0.3 is 5.97 Å². The second kappa shape index (κ2) is 4.26. The number of carbonyl (C=O) groups is 2. The van der Waals surface area contributed by atoms with Crippen molar-refractivity contribution in [2.45, 2.75) is 25.7 Å². The number of hydrogen-bond donors (Lipinski definition) is 2. The molecule has 1 aliphatic rings. The lowest BCUT2D eigenvalue weighted by Gasteiger charge is -2.10.